The first kappa shape index (κ1) is 16.8. The van der Waals surface area contributed by atoms with Crippen molar-refractivity contribution in [1.82, 2.24) is 4.90 Å². The molecule has 1 aliphatic heterocycles. The van der Waals surface area contributed by atoms with E-state index in [1.807, 2.05) is 13.8 Å². The van der Waals surface area contributed by atoms with Crippen LogP contribution in [0.2, 0.25) is 0 Å². The zero-order chi connectivity index (χ0) is 15.8. The Labute approximate surface area is 134 Å². The molecule has 0 unspecified atom stereocenters. The van der Waals surface area contributed by atoms with Crippen LogP contribution in [-0.2, 0) is 16.1 Å². The maximum atomic E-state index is 11.4. The number of rotatable bonds is 6. The maximum Gasteiger partial charge on any atom is 0.330 e. The van der Waals surface area contributed by atoms with Crippen molar-refractivity contribution < 1.29 is 9.53 Å². The second kappa shape index (κ2) is 8.74. The first-order valence-electron chi connectivity index (χ1n) is 8.27. The fourth-order valence-electron chi connectivity index (χ4n) is 3.09. The number of hydrogen-bond acceptors (Lipinski definition) is 3. The summed E-state index contributed by atoms with van der Waals surface area (Å²) in [7, 11) is 0. The molecule has 120 valence electrons. The molecule has 0 atom stereocenters. The van der Waals surface area contributed by atoms with Crippen LogP contribution in [0.4, 0.5) is 0 Å². The summed E-state index contributed by atoms with van der Waals surface area (Å²) in [5, 5.41) is 0. The summed E-state index contributed by atoms with van der Waals surface area (Å²) in [4.78, 5) is 14.0. The van der Waals surface area contributed by atoms with Crippen molar-refractivity contribution in [2.75, 3.05) is 19.7 Å². The van der Waals surface area contributed by atoms with E-state index < -0.39 is 0 Å². The van der Waals surface area contributed by atoms with Crippen molar-refractivity contribution in [1.29, 1.82) is 0 Å². The summed E-state index contributed by atoms with van der Waals surface area (Å²) in [6, 6.07) is 10.7. The molecule has 1 aromatic rings. The van der Waals surface area contributed by atoms with Gasteiger partial charge in [0.05, 0.1) is 6.61 Å². The zero-order valence-corrected chi connectivity index (χ0v) is 13.8. The van der Waals surface area contributed by atoms with E-state index in [0.29, 0.717) is 12.5 Å². The minimum absolute atomic E-state index is 0.207. The molecule has 0 N–H and O–H groups in total. The van der Waals surface area contributed by atoms with Crippen LogP contribution >= 0.6 is 0 Å². The van der Waals surface area contributed by atoms with Gasteiger partial charge in [0.1, 0.15) is 0 Å². The second-order valence-corrected chi connectivity index (χ2v) is 6.15. The molecule has 0 amide bonds. The van der Waals surface area contributed by atoms with Crippen LogP contribution in [0, 0.1) is 5.92 Å². The van der Waals surface area contributed by atoms with E-state index in [4.69, 9.17) is 4.74 Å². The third-order valence-electron chi connectivity index (χ3n) is 4.22. The maximum absolute atomic E-state index is 11.4. The molecule has 1 saturated heterocycles. The smallest absolute Gasteiger partial charge is 0.330 e. The predicted octanol–water partition coefficient (Wildman–Crippen LogP) is 3.80. The largest absolute Gasteiger partial charge is 0.463 e. The number of benzene rings is 1. The SMILES string of the molecule is CCOC(=O)C=C(C)CC1CCN(Cc2ccccc2)CC1. The molecular formula is C19H27NO2. The Balaban J connectivity index is 1.74. The van der Waals surface area contributed by atoms with Crippen LogP contribution in [0.25, 0.3) is 0 Å². The minimum atomic E-state index is -0.207. The Morgan fingerprint density at radius 1 is 1.27 bits per heavy atom. The number of nitrogens with zero attached hydrogens (tertiary/aromatic N) is 1. The molecule has 1 aromatic carbocycles. The van der Waals surface area contributed by atoms with E-state index in [9.17, 15) is 4.79 Å². The highest BCUT2D eigenvalue weighted by Crippen LogP contribution is 2.24. The zero-order valence-electron chi connectivity index (χ0n) is 13.8. The molecule has 0 aliphatic carbocycles. The summed E-state index contributed by atoms with van der Waals surface area (Å²) >= 11 is 0. The average molecular weight is 301 g/mol. The van der Waals surface area contributed by atoms with Gasteiger partial charge in [0.2, 0.25) is 0 Å². The van der Waals surface area contributed by atoms with Crippen LogP contribution < -0.4 is 0 Å². The molecule has 3 heteroatoms. The highest BCUT2D eigenvalue weighted by atomic mass is 16.5. The van der Waals surface area contributed by atoms with Gasteiger partial charge in [-0.25, -0.2) is 4.79 Å². The third-order valence-corrected chi connectivity index (χ3v) is 4.22. The molecular weight excluding hydrogens is 274 g/mol. The van der Waals surface area contributed by atoms with Gasteiger partial charge < -0.3 is 4.74 Å². The third kappa shape index (κ3) is 5.64. The van der Waals surface area contributed by atoms with Gasteiger partial charge in [0, 0.05) is 12.6 Å². The van der Waals surface area contributed by atoms with Crippen LogP contribution in [0.5, 0.6) is 0 Å². The van der Waals surface area contributed by atoms with Gasteiger partial charge in [-0.2, -0.15) is 0 Å². The number of hydrogen-bond donors (Lipinski definition) is 0. The van der Waals surface area contributed by atoms with Crippen molar-refractivity contribution >= 4 is 5.97 Å². The van der Waals surface area contributed by atoms with Crippen LogP contribution in [-0.4, -0.2) is 30.6 Å². The van der Waals surface area contributed by atoms with Crippen LogP contribution in [0.15, 0.2) is 42.0 Å². The van der Waals surface area contributed by atoms with Crippen LogP contribution in [0.3, 0.4) is 0 Å². The Bertz CT molecular complexity index is 487. The lowest BCUT2D eigenvalue weighted by Gasteiger charge is -2.32. The Morgan fingerprint density at radius 2 is 1.95 bits per heavy atom. The van der Waals surface area contributed by atoms with Crippen LogP contribution in [0.1, 0.15) is 38.7 Å². The number of carbonyl (C=O) groups excluding carboxylic acids is 1. The molecule has 1 fully saturated rings. The fourth-order valence-corrected chi connectivity index (χ4v) is 3.09. The van der Waals surface area contributed by atoms with E-state index in [1.54, 1.807) is 6.08 Å². The molecule has 1 aliphatic rings. The molecule has 22 heavy (non-hydrogen) atoms. The summed E-state index contributed by atoms with van der Waals surface area (Å²) in [5.74, 6) is 0.485. The number of allylic oxidation sites excluding steroid dienone is 1. The van der Waals surface area contributed by atoms with E-state index in [0.717, 1.165) is 31.6 Å². The highest BCUT2D eigenvalue weighted by molar-refractivity contribution is 5.82. The number of likely N-dealkylation sites (tertiary alicyclic amines) is 1. The topological polar surface area (TPSA) is 29.5 Å². The van der Waals surface area contributed by atoms with Gasteiger partial charge in [-0.3, -0.25) is 4.90 Å². The molecule has 0 spiro atoms. The van der Waals surface area contributed by atoms with Crippen molar-refractivity contribution in [2.24, 2.45) is 5.92 Å². The standard InChI is InChI=1S/C19H27NO2/c1-3-22-19(21)14-16(2)13-17-9-11-20(12-10-17)15-18-7-5-4-6-8-18/h4-8,14,17H,3,9-13,15H2,1-2H3. The molecule has 2 rings (SSSR count). The average Bonchev–Trinajstić information content (AvgIpc) is 2.50. The fraction of sp³-hybridized carbons (Fsp3) is 0.526. The van der Waals surface area contributed by atoms with Gasteiger partial charge in [-0.15, -0.1) is 0 Å². The van der Waals surface area contributed by atoms with E-state index in [2.05, 4.69) is 35.2 Å². The lowest BCUT2D eigenvalue weighted by Crippen LogP contribution is -2.33. The molecule has 0 saturated carbocycles. The summed E-state index contributed by atoms with van der Waals surface area (Å²) in [5.41, 5.74) is 2.53. The molecule has 0 radical (unpaired) electrons. The number of esters is 1. The van der Waals surface area contributed by atoms with Gasteiger partial charge >= 0.3 is 5.97 Å². The second-order valence-electron chi connectivity index (χ2n) is 6.15. The monoisotopic (exact) mass is 301 g/mol. The summed E-state index contributed by atoms with van der Waals surface area (Å²) < 4.78 is 4.96. The van der Waals surface area contributed by atoms with Crippen molar-refractivity contribution in [2.45, 2.75) is 39.7 Å². The molecule has 1 heterocycles. The highest BCUT2D eigenvalue weighted by Gasteiger charge is 2.19. The first-order valence-corrected chi connectivity index (χ1v) is 8.27. The lowest BCUT2D eigenvalue weighted by atomic mass is 9.90. The molecule has 3 nitrogen and oxygen atoms in total. The molecule has 0 aromatic heterocycles. The van der Waals surface area contributed by atoms with Crippen molar-refractivity contribution in [3.63, 3.8) is 0 Å². The van der Waals surface area contributed by atoms with Gasteiger partial charge in [0.15, 0.2) is 0 Å². The van der Waals surface area contributed by atoms with Crippen molar-refractivity contribution in [3.8, 4) is 0 Å². The first-order chi connectivity index (χ1) is 10.7. The Morgan fingerprint density at radius 3 is 2.59 bits per heavy atom. The lowest BCUT2D eigenvalue weighted by molar-refractivity contribution is -0.137. The summed E-state index contributed by atoms with van der Waals surface area (Å²) in [6.07, 6.45) is 5.08. The Hall–Kier alpha value is -1.61. The van der Waals surface area contributed by atoms with Gasteiger partial charge in [0.25, 0.3) is 0 Å². The Kier molecular flexibility index (Phi) is 6.66. The van der Waals surface area contributed by atoms with Gasteiger partial charge in [-0.05, 0) is 57.7 Å². The minimum Gasteiger partial charge on any atom is -0.463 e. The molecule has 0 bridgehead atoms. The van der Waals surface area contributed by atoms with E-state index in [-0.39, 0.29) is 5.97 Å². The van der Waals surface area contributed by atoms with E-state index in [1.165, 1.54) is 18.4 Å². The van der Waals surface area contributed by atoms with Gasteiger partial charge in [-0.1, -0.05) is 35.9 Å². The number of ether oxygens (including phenoxy) is 1. The number of piperidine rings is 1. The normalized spacial score (nSPS) is 17.5. The van der Waals surface area contributed by atoms with E-state index >= 15 is 0 Å². The quantitative estimate of drug-likeness (QED) is 0.591. The predicted molar refractivity (Wildman–Crippen MR) is 89.5 cm³/mol. The summed E-state index contributed by atoms with van der Waals surface area (Å²) in [6.45, 7) is 7.65. The number of carbonyl (C=O) groups is 1. The van der Waals surface area contributed by atoms with Crippen molar-refractivity contribution in [3.05, 3.63) is 47.5 Å².